The summed E-state index contributed by atoms with van der Waals surface area (Å²) in [6.45, 7) is 29.0. The fraction of sp³-hybridized carbons (Fsp3) is 0.363. The van der Waals surface area contributed by atoms with Gasteiger partial charge in [0.05, 0.1) is 36.5 Å². The van der Waals surface area contributed by atoms with Crippen molar-refractivity contribution in [1.29, 1.82) is 0 Å². The van der Waals surface area contributed by atoms with E-state index in [1.54, 1.807) is 54.6 Å². The summed E-state index contributed by atoms with van der Waals surface area (Å²) >= 11 is 5.60. The topological polar surface area (TPSA) is 517 Å². The molecule has 40 heteroatoms. The van der Waals surface area contributed by atoms with E-state index in [9.17, 15) is 19.2 Å². The SMILES string of the molecule is C.C.COC(=O)c1ccc([C@H](C)N)cc1.COC(=O)c1ccc([C@H](C)Nc2cc(C)nc(C)n2)cc1.Cc1cc(Cl)nc(C)n1.Cc1cc(N[C@@H](C)c2ccc(-c3nc(C4CC4)no3)cc2)nc(C)n1.Cc1cc(N[C@@H](C)c2ccc(C(=O)O)cc2)nc(C)n1.Cc1cc(N[C@@H](C)c2ccc(C(=O)O/N=C(\N)C3CC3)cc2)nc(C)n1.N/C(=N\O)C1CC1.O.S.S.S.S.S.[Li+].[OH-]. The Kier molecular flexibility index (Phi) is 57.6. The molecule has 3 aliphatic carbocycles. The normalized spacial score (nSPS) is 12.8. The van der Waals surface area contributed by atoms with E-state index in [1.807, 2.05) is 182 Å². The number of ether oxygens (including phenoxy) is 2. The van der Waals surface area contributed by atoms with Gasteiger partial charge in [-0.05, 0) is 237 Å². The largest absolute Gasteiger partial charge is 1.00 e. The summed E-state index contributed by atoms with van der Waals surface area (Å²) in [5, 5.41) is 41.4. The summed E-state index contributed by atoms with van der Waals surface area (Å²) in [5.41, 5.74) is 29.2. The maximum atomic E-state index is 12.0. The number of nitrogens with one attached hydrogen (secondary N) is 4. The van der Waals surface area contributed by atoms with E-state index in [0.29, 0.717) is 51.2 Å². The molecule has 3 fully saturated rings. The molecule has 11 aromatic rings. The first kappa shape index (κ1) is 124. The molecule has 5 aromatic carbocycles. The van der Waals surface area contributed by atoms with E-state index in [0.717, 1.165) is 140 Å². The number of hydrogen-bond donors (Lipinski definition) is 9. The molecule has 15 N–H and O–H groups in total. The van der Waals surface area contributed by atoms with E-state index < -0.39 is 11.9 Å². The maximum Gasteiger partial charge on any atom is 1.00 e. The van der Waals surface area contributed by atoms with Crippen molar-refractivity contribution in [1.82, 2.24) is 60.0 Å². The Labute approximate surface area is 820 Å². The monoisotopic (exact) mass is 1910 g/mol. The van der Waals surface area contributed by atoms with Gasteiger partial charge in [0.15, 0.2) is 5.82 Å². The zero-order valence-electron chi connectivity index (χ0n) is 75.8. The fourth-order valence-corrected chi connectivity index (χ4v) is 12.1. The van der Waals surface area contributed by atoms with Gasteiger partial charge >= 0.3 is 42.7 Å². The number of oxime groups is 2. The number of benzene rings is 5. The zero-order valence-corrected chi connectivity index (χ0v) is 81.5. The van der Waals surface area contributed by atoms with Gasteiger partial charge in [-0.15, -0.1) is 0 Å². The molecule has 0 aliphatic heterocycles. The number of aromatic nitrogens is 12. The average Bonchev–Trinajstić information content (AvgIpc) is 1.65. The van der Waals surface area contributed by atoms with Crippen molar-refractivity contribution in [2.24, 2.45) is 39.3 Å². The smallest absolute Gasteiger partial charge is 0.870 e. The number of rotatable bonds is 22. The molecule has 6 heterocycles. The molecule has 14 rings (SSSR count). The van der Waals surface area contributed by atoms with Crippen LogP contribution in [0.25, 0.3) is 11.5 Å². The van der Waals surface area contributed by atoms with Crippen molar-refractivity contribution in [3.63, 3.8) is 0 Å². The predicted molar refractivity (Wildman–Crippen MR) is 537 cm³/mol. The second-order valence-electron chi connectivity index (χ2n) is 29.5. The van der Waals surface area contributed by atoms with Crippen molar-refractivity contribution in [3.05, 3.63) is 270 Å². The molecule has 0 amide bonds. The van der Waals surface area contributed by atoms with Crippen LogP contribution in [0.4, 0.5) is 23.3 Å². The number of methoxy groups -OCH3 is 2. The molecule has 5 atom stereocenters. The Morgan fingerprint density at radius 2 is 0.725 bits per heavy atom. The number of carbonyl (C=O) groups excluding carboxylic acids is 3. The molecule has 0 radical (unpaired) electrons. The molecule has 131 heavy (non-hydrogen) atoms. The first-order valence-corrected chi connectivity index (χ1v) is 39.8. The quantitative estimate of drug-likeness (QED) is 0.00445. The Morgan fingerprint density at radius 1 is 0.435 bits per heavy atom. The van der Waals surface area contributed by atoms with Gasteiger partial charge in [0.25, 0.3) is 5.89 Å². The number of aryl methyl sites for hydroxylation is 10. The molecular weight excluding hydrogens is 1780 g/mol. The summed E-state index contributed by atoms with van der Waals surface area (Å²) in [6, 6.07) is 46.3. The van der Waals surface area contributed by atoms with Gasteiger partial charge in [0.2, 0.25) is 0 Å². The molecule has 3 aliphatic rings. The van der Waals surface area contributed by atoms with E-state index in [2.05, 4.69) is 120 Å². The number of esters is 2. The third-order valence-corrected chi connectivity index (χ3v) is 18.8. The Bertz CT molecular complexity index is 5230. The minimum Gasteiger partial charge on any atom is -0.870 e. The van der Waals surface area contributed by atoms with Crippen LogP contribution in [0.5, 0.6) is 0 Å². The van der Waals surface area contributed by atoms with Crippen molar-refractivity contribution in [3.8, 4) is 11.5 Å². The first-order valence-electron chi connectivity index (χ1n) is 39.5. The van der Waals surface area contributed by atoms with Gasteiger partial charge in [-0.1, -0.05) is 103 Å². The van der Waals surface area contributed by atoms with Gasteiger partial charge in [0.1, 0.15) is 69.2 Å². The average molecular weight is 1910 g/mol. The van der Waals surface area contributed by atoms with Crippen molar-refractivity contribution >= 4 is 138 Å². The zero-order chi connectivity index (χ0) is 88.1. The summed E-state index contributed by atoms with van der Waals surface area (Å²) in [6.07, 6.45) is 6.55. The van der Waals surface area contributed by atoms with Gasteiger partial charge in [0, 0.05) is 106 Å². The summed E-state index contributed by atoms with van der Waals surface area (Å²) in [7, 11) is 2.74. The third-order valence-electron chi connectivity index (χ3n) is 18.6. The number of nitrogens with two attached hydrogens (primary N) is 3. The van der Waals surface area contributed by atoms with Gasteiger partial charge in [-0.3, -0.25) is 0 Å². The number of aromatic carboxylic acids is 1. The van der Waals surface area contributed by atoms with Crippen molar-refractivity contribution in [2.75, 3.05) is 35.5 Å². The maximum absolute atomic E-state index is 12.0. The molecule has 0 saturated heterocycles. The second-order valence-corrected chi connectivity index (χ2v) is 29.9. The number of anilines is 4. The number of carboxylic acids is 1. The van der Waals surface area contributed by atoms with Crippen LogP contribution in [-0.4, -0.2) is 131 Å². The molecule has 33 nitrogen and oxygen atoms in total. The summed E-state index contributed by atoms with van der Waals surface area (Å²) in [4.78, 5) is 97.2. The van der Waals surface area contributed by atoms with Crippen LogP contribution in [0.2, 0.25) is 5.15 Å². The van der Waals surface area contributed by atoms with Crippen LogP contribution < -0.4 is 57.3 Å². The van der Waals surface area contributed by atoms with E-state index in [-0.39, 0.29) is 166 Å². The van der Waals surface area contributed by atoms with Crippen LogP contribution >= 0.6 is 79.1 Å². The molecule has 0 bridgehead atoms. The van der Waals surface area contributed by atoms with Crippen LogP contribution in [0, 0.1) is 81.1 Å². The van der Waals surface area contributed by atoms with Crippen LogP contribution in [0.15, 0.2) is 166 Å². The molecule has 6 aromatic heterocycles. The van der Waals surface area contributed by atoms with Gasteiger partial charge in [-0.2, -0.15) is 72.5 Å². The molecule has 708 valence electrons. The second kappa shape index (κ2) is 60.8. The van der Waals surface area contributed by atoms with E-state index >= 15 is 0 Å². The Morgan fingerprint density at radius 3 is 0.992 bits per heavy atom. The predicted octanol–water partition coefficient (Wildman–Crippen LogP) is 14.5. The van der Waals surface area contributed by atoms with Crippen LogP contribution in [0.3, 0.4) is 0 Å². The minimum absolute atomic E-state index is 0. The van der Waals surface area contributed by atoms with Gasteiger partial charge < -0.3 is 78.6 Å². The van der Waals surface area contributed by atoms with E-state index in [4.69, 9.17) is 48.5 Å². The molecule has 0 unspecified atom stereocenters. The van der Waals surface area contributed by atoms with Crippen LogP contribution in [0.1, 0.15) is 257 Å². The Balaban J connectivity index is -0.00000149. The fourth-order valence-electron chi connectivity index (χ4n) is 11.8. The summed E-state index contributed by atoms with van der Waals surface area (Å²) in [5.74, 6) is 8.16. The molecular formula is C91H129ClLiN21O12S5. The number of halogens is 1. The van der Waals surface area contributed by atoms with Gasteiger partial charge in [-0.25, -0.2) is 69.0 Å². The number of nitrogens with zero attached hydrogens (tertiary/aromatic N) is 14. The van der Waals surface area contributed by atoms with E-state index in [1.165, 1.54) is 32.6 Å². The third kappa shape index (κ3) is 42.4. The number of hydrogen-bond acceptors (Lipinski definition) is 29. The molecule has 0 spiro atoms. The summed E-state index contributed by atoms with van der Waals surface area (Å²) < 4.78 is 14.6. The number of carboxylic acid groups (broad SMARTS) is 1. The Hall–Kier alpha value is -11.0. The number of carbonyl (C=O) groups is 4. The first-order chi connectivity index (χ1) is 57.6. The van der Waals surface area contributed by atoms with Crippen LogP contribution in [-0.2, 0) is 14.3 Å². The standard InChI is InChI=1S/C19H23N5O2.C19H21N5O.C16H19N3O2.C15H17N3O2.C10H13NO2.C6H7ClN2.C4H8N2O.2CH4.Li.2H2O.5H2S/c1-11-10-17(23-13(3)21-11)22-12(2)14-4-8-16(9-5-14)19(25)26-24-18(20)15-6-7-15;1-11-10-17(22-13(3)20-11)21-12(2)14-4-8-16(9-5-14)19-23-18(24-25-19)15-6-7-15;1-10-9-15(19-12(3)17-10)18-11(2)13-5-7-14(8-6-13)16(20)21-4;1-9-8-14(18-11(3)16-9)17-10(2)12-4-6-13(7-5-12)15(19)20;1-7(11)8-3-5-9(6-4-8)10(12)13-2;1-4-3-6(7)9-5(2)8-4;5-4(6-7)3-1-2-3;;;;;;;;;;/h4-5,8-10,12,15H,6-7H2,1-3H3,(H2,20,24)(H,21,22,23);4-5,8-10,12,15H,6-7H2,1-3H3,(H,20,21,22);5-9,11H,1-4H3,(H,17,18,19);4-8,10H,1-3H3,(H,19,20)(H,16,17,18);3-7H,11H2,1-2H3;3H,1-2H3;3,7H,1-2H2,(H2,5,6);2*1H4;;7*1H2/q;;;;;;;;;+1;;;;;;;/p-1/t2*12-;11-;10-;7-;;;;;;;;;;;;/m00000............/s1. The molecule has 3 saturated carbocycles. The van der Waals surface area contributed by atoms with Crippen molar-refractivity contribution in [2.45, 2.75) is 193 Å². The van der Waals surface area contributed by atoms with Crippen molar-refractivity contribution < 1.29 is 78.1 Å². The number of amidine groups is 2. The minimum atomic E-state index is -0.917.